The molecule has 3 heterocycles. The van der Waals surface area contributed by atoms with Crippen LogP contribution >= 0.6 is 0 Å². The fraction of sp³-hybridized carbons (Fsp3) is 0.857. The SMILES string of the molecule is [O-][n+]1onc2c1[C@H]([NH+]1CCOCC1)CC[C@H]2[NH+]1CCOCC1. The Labute approximate surface area is 129 Å². The quantitative estimate of drug-likeness (QED) is 0.570. The number of nitrogens with one attached hydrogen (secondary N) is 2. The Kier molecular flexibility index (Phi) is 4.00. The molecule has 0 spiro atoms. The summed E-state index contributed by atoms with van der Waals surface area (Å²) >= 11 is 0. The standard InChI is InChI=1S/C14H22N4O4/c19-18-14-12(17-5-9-21-10-6-17)2-1-11(13(14)15-22-18)16-3-7-20-8-4-16/h11-12H,1-10H2/p+2/t11-,12-/m1/s1. The van der Waals surface area contributed by atoms with Crippen LogP contribution in [0.5, 0.6) is 0 Å². The van der Waals surface area contributed by atoms with Gasteiger partial charge in [0.15, 0.2) is 12.1 Å². The van der Waals surface area contributed by atoms with Gasteiger partial charge in [-0.05, 0) is 4.90 Å². The van der Waals surface area contributed by atoms with Gasteiger partial charge in [-0.25, -0.2) is 0 Å². The van der Waals surface area contributed by atoms with Gasteiger partial charge in [-0.15, -0.1) is 0 Å². The van der Waals surface area contributed by atoms with Gasteiger partial charge < -0.3 is 24.5 Å². The molecule has 0 unspecified atom stereocenters. The number of fused-ring (bicyclic) bond motifs is 1. The van der Waals surface area contributed by atoms with Crippen molar-refractivity contribution in [1.82, 2.24) is 5.16 Å². The van der Waals surface area contributed by atoms with E-state index in [1.165, 1.54) is 9.80 Å². The number of quaternary nitrogens is 2. The van der Waals surface area contributed by atoms with Crippen LogP contribution in [-0.2, 0) is 9.47 Å². The van der Waals surface area contributed by atoms with Crippen molar-refractivity contribution in [3.05, 3.63) is 16.6 Å². The molecule has 8 heteroatoms. The number of ether oxygens (including phenoxy) is 2. The van der Waals surface area contributed by atoms with Crippen LogP contribution in [0.15, 0.2) is 4.63 Å². The van der Waals surface area contributed by atoms with Crippen LogP contribution in [0, 0.1) is 5.21 Å². The van der Waals surface area contributed by atoms with E-state index >= 15 is 0 Å². The van der Waals surface area contributed by atoms with E-state index in [1.807, 2.05) is 0 Å². The van der Waals surface area contributed by atoms with Gasteiger partial charge in [0.2, 0.25) is 0 Å². The normalized spacial score (nSPS) is 31.1. The van der Waals surface area contributed by atoms with Crippen LogP contribution in [-0.4, -0.2) is 57.8 Å². The maximum Gasteiger partial charge on any atom is 0.284 e. The number of hydrogen-bond donors (Lipinski definition) is 2. The van der Waals surface area contributed by atoms with Crippen molar-refractivity contribution in [3.8, 4) is 0 Å². The van der Waals surface area contributed by atoms with Gasteiger partial charge in [-0.3, -0.25) is 4.63 Å². The summed E-state index contributed by atoms with van der Waals surface area (Å²) in [6.07, 6.45) is 2.07. The number of aromatic nitrogens is 2. The molecule has 8 nitrogen and oxygen atoms in total. The first-order chi connectivity index (χ1) is 10.8. The molecule has 3 aliphatic rings. The van der Waals surface area contributed by atoms with Crippen molar-refractivity contribution < 1.29 is 28.8 Å². The lowest BCUT2D eigenvalue weighted by molar-refractivity contribution is -0.961. The van der Waals surface area contributed by atoms with Crippen LogP contribution in [0.4, 0.5) is 0 Å². The second kappa shape index (κ2) is 6.11. The van der Waals surface area contributed by atoms with Crippen LogP contribution in [0.1, 0.15) is 36.3 Å². The molecule has 2 fully saturated rings. The van der Waals surface area contributed by atoms with Gasteiger partial charge in [0.1, 0.15) is 26.2 Å². The second-order valence-electron chi connectivity index (χ2n) is 6.42. The summed E-state index contributed by atoms with van der Waals surface area (Å²) < 4.78 is 15.9. The predicted octanol–water partition coefficient (Wildman–Crippen LogP) is -2.99. The molecule has 2 saturated heterocycles. The Hall–Kier alpha value is -1.22. The average Bonchev–Trinajstić information content (AvgIpc) is 2.98. The van der Waals surface area contributed by atoms with Gasteiger partial charge in [0.05, 0.1) is 26.4 Å². The maximum atomic E-state index is 12.2. The molecule has 4 rings (SSSR count). The summed E-state index contributed by atoms with van der Waals surface area (Å²) in [5, 5.41) is 16.3. The first kappa shape index (κ1) is 14.4. The smallest absolute Gasteiger partial charge is 0.284 e. The lowest BCUT2D eigenvalue weighted by Crippen LogP contribution is -3.16. The predicted molar refractivity (Wildman–Crippen MR) is 73.2 cm³/mol. The van der Waals surface area contributed by atoms with Crippen molar-refractivity contribution in [2.75, 3.05) is 52.6 Å². The Bertz CT molecular complexity index is 511. The van der Waals surface area contributed by atoms with Crippen molar-refractivity contribution in [3.63, 3.8) is 0 Å². The lowest BCUT2D eigenvalue weighted by Gasteiger charge is -2.35. The minimum atomic E-state index is 0.194. The molecular formula is C14H24N4O4+2. The van der Waals surface area contributed by atoms with E-state index in [0.29, 0.717) is 4.90 Å². The molecule has 0 bridgehead atoms. The number of rotatable bonds is 2. The Balaban J connectivity index is 1.60. The second-order valence-corrected chi connectivity index (χ2v) is 6.42. The highest BCUT2D eigenvalue weighted by Gasteiger charge is 2.47. The van der Waals surface area contributed by atoms with Gasteiger partial charge in [0.25, 0.3) is 11.4 Å². The Morgan fingerprint density at radius 1 is 0.909 bits per heavy atom. The molecule has 2 atom stereocenters. The highest BCUT2D eigenvalue weighted by molar-refractivity contribution is 5.13. The van der Waals surface area contributed by atoms with E-state index in [1.54, 1.807) is 0 Å². The van der Waals surface area contributed by atoms with Gasteiger partial charge >= 0.3 is 0 Å². The lowest BCUT2D eigenvalue weighted by atomic mass is 9.89. The highest BCUT2D eigenvalue weighted by atomic mass is 16.8. The van der Waals surface area contributed by atoms with Crippen molar-refractivity contribution in [2.45, 2.75) is 24.9 Å². The Morgan fingerprint density at radius 3 is 2.09 bits per heavy atom. The molecule has 2 N–H and O–H groups in total. The molecular weight excluding hydrogens is 288 g/mol. The molecule has 0 radical (unpaired) electrons. The zero-order valence-corrected chi connectivity index (χ0v) is 12.8. The number of nitrogens with zero attached hydrogens (tertiary/aromatic N) is 2. The fourth-order valence-electron chi connectivity index (χ4n) is 4.18. The first-order valence-corrected chi connectivity index (χ1v) is 8.29. The molecule has 1 aliphatic carbocycles. The summed E-state index contributed by atoms with van der Waals surface area (Å²) in [5.74, 6) is 0. The third-order valence-corrected chi connectivity index (χ3v) is 5.33. The molecule has 122 valence electrons. The van der Waals surface area contributed by atoms with E-state index in [9.17, 15) is 5.21 Å². The summed E-state index contributed by atoms with van der Waals surface area (Å²) in [7, 11) is 0. The summed E-state index contributed by atoms with van der Waals surface area (Å²) in [6, 6.07) is 0.467. The molecule has 2 aliphatic heterocycles. The van der Waals surface area contributed by atoms with Crippen LogP contribution < -0.4 is 14.7 Å². The zero-order chi connectivity index (χ0) is 14.9. The molecule has 0 aromatic carbocycles. The van der Waals surface area contributed by atoms with Crippen LogP contribution in [0.2, 0.25) is 0 Å². The first-order valence-electron chi connectivity index (χ1n) is 8.29. The largest absolute Gasteiger partial charge is 0.370 e. The van der Waals surface area contributed by atoms with Gasteiger partial charge in [-0.2, -0.15) is 0 Å². The van der Waals surface area contributed by atoms with Gasteiger partial charge in [0, 0.05) is 18.0 Å². The molecule has 22 heavy (non-hydrogen) atoms. The van der Waals surface area contributed by atoms with E-state index in [2.05, 4.69) is 5.16 Å². The van der Waals surface area contributed by atoms with Crippen molar-refractivity contribution in [1.29, 1.82) is 0 Å². The van der Waals surface area contributed by atoms with Crippen molar-refractivity contribution in [2.24, 2.45) is 0 Å². The average molecular weight is 312 g/mol. The number of hydrogen-bond acceptors (Lipinski definition) is 5. The van der Waals surface area contributed by atoms with Crippen molar-refractivity contribution >= 4 is 0 Å². The maximum absolute atomic E-state index is 12.2. The third-order valence-electron chi connectivity index (χ3n) is 5.33. The Morgan fingerprint density at radius 2 is 1.45 bits per heavy atom. The fourth-order valence-corrected chi connectivity index (χ4v) is 4.18. The van der Waals surface area contributed by atoms with Gasteiger partial charge in [-0.1, -0.05) is 0 Å². The minimum Gasteiger partial charge on any atom is -0.370 e. The minimum absolute atomic E-state index is 0.194. The van der Waals surface area contributed by atoms with E-state index < -0.39 is 0 Å². The highest BCUT2D eigenvalue weighted by Crippen LogP contribution is 2.30. The monoisotopic (exact) mass is 312 g/mol. The zero-order valence-electron chi connectivity index (χ0n) is 12.8. The van der Waals surface area contributed by atoms with Crippen LogP contribution in [0.3, 0.4) is 0 Å². The van der Waals surface area contributed by atoms with E-state index in [4.69, 9.17) is 14.1 Å². The topological polar surface area (TPSA) is 80.3 Å². The molecule has 0 amide bonds. The summed E-state index contributed by atoms with van der Waals surface area (Å²) in [6.45, 7) is 6.96. The summed E-state index contributed by atoms with van der Waals surface area (Å²) in [5.41, 5.74) is 1.63. The molecule has 0 saturated carbocycles. The molecule has 1 aromatic heterocycles. The van der Waals surface area contributed by atoms with E-state index in [-0.39, 0.29) is 12.1 Å². The number of morpholine rings is 2. The van der Waals surface area contributed by atoms with E-state index in [0.717, 1.165) is 76.8 Å². The third kappa shape index (κ3) is 2.50. The summed E-state index contributed by atoms with van der Waals surface area (Å²) in [4.78, 5) is 3.54. The molecule has 1 aromatic rings. The van der Waals surface area contributed by atoms with Crippen LogP contribution in [0.25, 0.3) is 0 Å².